The second-order valence-corrected chi connectivity index (χ2v) is 12.7. The Kier molecular flexibility index (Phi) is 13.7. The zero-order valence-electron chi connectivity index (χ0n) is 27.4. The Morgan fingerprint density at radius 1 is 1.09 bits per heavy atom. The molecule has 2 aromatic heterocycles. The number of benzene rings is 1. The number of aromatic nitrogens is 2. The quantitative estimate of drug-likeness (QED) is 0.174. The first kappa shape index (κ1) is 35.7. The van der Waals surface area contributed by atoms with Crippen LogP contribution in [0.25, 0.3) is 10.4 Å². The van der Waals surface area contributed by atoms with Crippen molar-refractivity contribution in [2.24, 2.45) is 5.92 Å². The summed E-state index contributed by atoms with van der Waals surface area (Å²) in [7, 11) is 1.87. The number of carbonyl (C=O) groups excluding carboxylic acids is 2. The van der Waals surface area contributed by atoms with Crippen LogP contribution < -0.4 is 10.6 Å². The molecule has 46 heavy (non-hydrogen) atoms. The molecule has 3 N–H and O–H groups in total. The lowest BCUT2D eigenvalue weighted by Crippen LogP contribution is -2.49. The van der Waals surface area contributed by atoms with Gasteiger partial charge in [0.15, 0.2) is 0 Å². The molecule has 0 aliphatic carbocycles. The van der Waals surface area contributed by atoms with Gasteiger partial charge in [-0.15, -0.1) is 11.3 Å². The van der Waals surface area contributed by atoms with E-state index < -0.39 is 24.1 Å². The summed E-state index contributed by atoms with van der Waals surface area (Å²) in [6.07, 6.45) is -0.681. The topological polar surface area (TPSA) is 148 Å². The highest BCUT2D eigenvalue weighted by molar-refractivity contribution is 7.13. The Bertz CT molecular complexity index is 1380. The number of aryl methyl sites for hydroxylation is 2. The highest BCUT2D eigenvalue weighted by Crippen LogP contribution is 2.32. The Morgan fingerprint density at radius 3 is 2.39 bits per heavy atom. The predicted octanol–water partition coefficient (Wildman–Crippen LogP) is 3.24. The van der Waals surface area contributed by atoms with Gasteiger partial charge in [0.05, 0.1) is 73.6 Å². The second-order valence-electron chi connectivity index (χ2n) is 11.8. The lowest BCUT2D eigenvalue weighted by Gasteiger charge is -2.30. The number of hydrogen-bond acceptors (Lipinski definition) is 11. The predicted molar refractivity (Wildman–Crippen MR) is 174 cm³/mol. The minimum absolute atomic E-state index is 0.0628. The molecule has 1 fully saturated rings. The molecule has 1 aliphatic heterocycles. The van der Waals surface area contributed by atoms with E-state index in [1.54, 1.807) is 24.3 Å². The van der Waals surface area contributed by atoms with E-state index in [2.05, 4.69) is 20.8 Å². The molecule has 1 unspecified atom stereocenters. The van der Waals surface area contributed by atoms with Crippen LogP contribution in [0, 0.1) is 19.8 Å². The van der Waals surface area contributed by atoms with Gasteiger partial charge in [0.25, 0.3) is 0 Å². The normalized spacial score (nSPS) is 17.8. The van der Waals surface area contributed by atoms with E-state index in [9.17, 15) is 14.7 Å². The number of β-amino-alcohol motifs (C(OH)–C–C–N with tert-alkyl or cyclic N) is 1. The number of nitrogens with one attached hydrogen (secondary N) is 2. The summed E-state index contributed by atoms with van der Waals surface area (Å²) in [6, 6.07) is 8.35. The molecule has 4 rings (SSSR count). The number of thiazole rings is 1. The molecular formula is C33H47N5O7S. The molecule has 1 aromatic carbocycles. The summed E-state index contributed by atoms with van der Waals surface area (Å²) >= 11 is 1.58. The van der Waals surface area contributed by atoms with Crippen LogP contribution in [0.4, 0.5) is 0 Å². The lowest BCUT2D eigenvalue weighted by atomic mass is 9.91. The first-order valence-corrected chi connectivity index (χ1v) is 16.7. The van der Waals surface area contributed by atoms with Crippen molar-refractivity contribution in [2.75, 3.05) is 59.8 Å². The van der Waals surface area contributed by atoms with E-state index >= 15 is 0 Å². The van der Waals surface area contributed by atoms with E-state index in [1.165, 1.54) is 4.90 Å². The third-order valence-electron chi connectivity index (χ3n) is 7.91. The maximum atomic E-state index is 13.9. The molecule has 13 heteroatoms. The molecule has 3 heterocycles. The number of likely N-dealkylation sites (tertiary alicyclic amines) is 1. The number of ether oxygens (including phenoxy) is 3. The number of aliphatic hydroxyl groups is 1. The molecule has 0 spiro atoms. The maximum absolute atomic E-state index is 13.9. The molecule has 0 saturated carbocycles. The van der Waals surface area contributed by atoms with Crippen molar-refractivity contribution in [1.82, 2.24) is 25.7 Å². The van der Waals surface area contributed by atoms with Gasteiger partial charge in [-0.05, 0) is 37.9 Å². The molecule has 4 atom stereocenters. The number of nitrogens with zero attached hydrogens (tertiary/aromatic N) is 3. The first-order valence-electron chi connectivity index (χ1n) is 15.8. The minimum atomic E-state index is -0.847. The van der Waals surface area contributed by atoms with Crippen LogP contribution in [-0.2, 0) is 23.8 Å². The van der Waals surface area contributed by atoms with Crippen molar-refractivity contribution in [3.8, 4) is 10.4 Å². The highest BCUT2D eigenvalue weighted by atomic mass is 32.1. The molecule has 0 bridgehead atoms. The van der Waals surface area contributed by atoms with Gasteiger partial charge < -0.3 is 39.4 Å². The number of likely N-dealkylation sites (N-methyl/N-ethyl adjacent to an activating group) is 1. The van der Waals surface area contributed by atoms with E-state index in [4.69, 9.17) is 18.7 Å². The van der Waals surface area contributed by atoms with Crippen molar-refractivity contribution in [1.29, 1.82) is 0 Å². The molecule has 252 valence electrons. The minimum Gasteiger partial charge on any atom is -0.391 e. The fourth-order valence-corrected chi connectivity index (χ4v) is 6.31. The number of amides is 2. The van der Waals surface area contributed by atoms with Crippen LogP contribution in [-0.4, -0.2) is 104 Å². The third-order valence-corrected chi connectivity index (χ3v) is 8.89. The summed E-state index contributed by atoms with van der Waals surface area (Å²) in [5.41, 5.74) is 5.35. The SMILES string of the molecule is CNCCOCCOCCOCC(NC(=O)[C@@H]1C[C@@H](O)CN1C(=O)[C@@H](c1cc(C)no1)C(C)C)c1ccc(-c2scnc2C)cc1. The van der Waals surface area contributed by atoms with Gasteiger partial charge in [-0.25, -0.2) is 4.98 Å². The number of rotatable bonds is 18. The first-order chi connectivity index (χ1) is 22.2. The van der Waals surface area contributed by atoms with Gasteiger partial charge in [-0.3, -0.25) is 9.59 Å². The van der Waals surface area contributed by atoms with Crippen LogP contribution in [0.15, 0.2) is 40.4 Å². The van der Waals surface area contributed by atoms with Crippen molar-refractivity contribution in [2.45, 2.75) is 58.2 Å². The fourth-order valence-electron chi connectivity index (χ4n) is 5.50. The van der Waals surface area contributed by atoms with Crippen LogP contribution in [0.2, 0.25) is 0 Å². The zero-order valence-corrected chi connectivity index (χ0v) is 28.2. The summed E-state index contributed by atoms with van der Waals surface area (Å²) in [6.45, 7) is 11.0. The van der Waals surface area contributed by atoms with Crippen molar-refractivity contribution in [3.05, 3.63) is 58.6 Å². The molecule has 12 nitrogen and oxygen atoms in total. The summed E-state index contributed by atoms with van der Waals surface area (Å²) in [5.74, 6) is -0.908. The van der Waals surface area contributed by atoms with Crippen LogP contribution >= 0.6 is 11.3 Å². The van der Waals surface area contributed by atoms with Crippen molar-refractivity contribution >= 4 is 23.2 Å². The van der Waals surface area contributed by atoms with Crippen LogP contribution in [0.1, 0.15) is 54.9 Å². The van der Waals surface area contributed by atoms with Crippen LogP contribution in [0.3, 0.4) is 0 Å². The smallest absolute Gasteiger partial charge is 0.243 e. The molecule has 2 amide bonds. The van der Waals surface area contributed by atoms with Crippen LogP contribution in [0.5, 0.6) is 0 Å². The van der Waals surface area contributed by atoms with Gasteiger partial charge in [-0.2, -0.15) is 0 Å². The van der Waals surface area contributed by atoms with Gasteiger partial charge in [0.1, 0.15) is 17.7 Å². The maximum Gasteiger partial charge on any atom is 0.243 e. The van der Waals surface area contributed by atoms with Crippen molar-refractivity contribution in [3.63, 3.8) is 0 Å². The van der Waals surface area contributed by atoms with E-state index in [0.717, 1.165) is 28.2 Å². The largest absolute Gasteiger partial charge is 0.391 e. The van der Waals surface area contributed by atoms with Gasteiger partial charge in [-0.1, -0.05) is 43.3 Å². The summed E-state index contributed by atoms with van der Waals surface area (Å²) in [5, 5.41) is 20.7. The van der Waals surface area contributed by atoms with E-state index in [-0.39, 0.29) is 37.3 Å². The Hall–Kier alpha value is -3.20. The van der Waals surface area contributed by atoms with Crippen molar-refractivity contribution < 1.29 is 33.4 Å². The molecule has 3 aromatic rings. The zero-order chi connectivity index (χ0) is 33.1. The Labute approximate surface area is 274 Å². The van der Waals surface area contributed by atoms with Gasteiger partial charge in [0.2, 0.25) is 11.8 Å². The van der Waals surface area contributed by atoms with Gasteiger partial charge in [0, 0.05) is 25.6 Å². The third kappa shape index (κ3) is 9.66. The Balaban J connectivity index is 1.44. The average molecular weight is 658 g/mol. The fraction of sp³-hybridized carbons (Fsp3) is 0.576. The summed E-state index contributed by atoms with van der Waals surface area (Å²) in [4.78, 5) is 34.6. The second kappa shape index (κ2) is 17.6. The molecule has 1 aliphatic rings. The summed E-state index contributed by atoms with van der Waals surface area (Å²) < 4.78 is 22.5. The van der Waals surface area contributed by atoms with E-state index in [0.29, 0.717) is 44.5 Å². The molecule has 1 saturated heterocycles. The molecule has 0 radical (unpaired) electrons. The number of hydrogen-bond donors (Lipinski definition) is 3. The highest BCUT2D eigenvalue weighted by Gasteiger charge is 2.43. The number of carbonyl (C=O) groups is 2. The number of aliphatic hydroxyl groups excluding tert-OH is 1. The standard InChI is InChI=1S/C33H47N5O7S/c1-21(2)30(29-16-22(3)37-45-29)33(41)38-18-26(39)17-28(38)32(40)36-27(19-44-15-14-43-13-12-42-11-10-34-5)24-6-8-25(9-7-24)31-23(4)35-20-46-31/h6-9,16,20-21,26-28,30,34,39H,10-15,17-19H2,1-5H3,(H,36,40)/t26-,27?,28+,30-/m1/s1. The van der Waals surface area contributed by atoms with E-state index in [1.807, 2.05) is 57.6 Å². The lowest BCUT2D eigenvalue weighted by molar-refractivity contribution is -0.141. The Morgan fingerprint density at radius 2 is 1.78 bits per heavy atom. The van der Waals surface area contributed by atoms with Gasteiger partial charge >= 0.3 is 0 Å². The molecular weight excluding hydrogens is 610 g/mol. The average Bonchev–Trinajstić information content (AvgIpc) is 3.77. The monoisotopic (exact) mass is 657 g/mol.